The molecule has 0 N–H and O–H groups in total. The van der Waals surface area contributed by atoms with Gasteiger partial charge in [-0.15, -0.1) is 5.10 Å². The van der Waals surface area contributed by atoms with Crippen molar-refractivity contribution < 1.29 is 27.8 Å². The van der Waals surface area contributed by atoms with Gasteiger partial charge in [-0.2, -0.15) is 0 Å². The van der Waals surface area contributed by atoms with Gasteiger partial charge in [0.15, 0.2) is 5.78 Å². The maximum absolute atomic E-state index is 13.5. The number of methoxy groups -OCH3 is 1. The number of ketones is 1. The zero-order valence-corrected chi connectivity index (χ0v) is 18.0. The summed E-state index contributed by atoms with van der Waals surface area (Å²) in [4.78, 5) is 12.4. The van der Waals surface area contributed by atoms with Crippen molar-refractivity contribution in [2.45, 2.75) is 31.1 Å². The Hall–Kier alpha value is -3.13. The molecule has 1 heterocycles. The van der Waals surface area contributed by atoms with Gasteiger partial charge in [0, 0.05) is 18.6 Å². The molecule has 2 bridgehead atoms. The zero-order valence-electron chi connectivity index (χ0n) is 17.3. The highest BCUT2D eigenvalue weighted by molar-refractivity contribution is 6.30. The van der Waals surface area contributed by atoms with Gasteiger partial charge in [0.05, 0.1) is 17.5 Å². The second kappa shape index (κ2) is 7.78. The number of aromatic nitrogens is 2. The quantitative estimate of drug-likeness (QED) is 0.440. The van der Waals surface area contributed by atoms with Gasteiger partial charge in [-0.25, -0.2) is 4.39 Å². The van der Waals surface area contributed by atoms with Gasteiger partial charge in [0.2, 0.25) is 5.89 Å². The topological polar surface area (TPSA) is 83.7 Å². The Balaban J connectivity index is 1.13. The maximum Gasteiger partial charge on any atom is 0.420 e. The molecule has 3 aliphatic carbocycles. The van der Waals surface area contributed by atoms with E-state index in [2.05, 4.69) is 10.2 Å². The van der Waals surface area contributed by atoms with Gasteiger partial charge in [0.1, 0.15) is 29.7 Å². The first-order valence-corrected chi connectivity index (χ1v) is 10.5. The minimum Gasteiger partial charge on any atom is -0.497 e. The molecule has 1 aromatic heterocycles. The van der Waals surface area contributed by atoms with Gasteiger partial charge in [-0.05, 0) is 48.9 Å². The Morgan fingerprint density at radius 1 is 1.12 bits per heavy atom. The van der Waals surface area contributed by atoms with Gasteiger partial charge in [-0.3, -0.25) is 4.79 Å². The van der Waals surface area contributed by atoms with E-state index in [1.807, 2.05) is 6.07 Å². The predicted molar refractivity (Wildman–Crippen MR) is 112 cm³/mol. The maximum atomic E-state index is 13.5. The average Bonchev–Trinajstić information content (AvgIpc) is 3.18. The number of halogens is 2. The molecule has 3 aromatic rings. The van der Waals surface area contributed by atoms with E-state index in [1.165, 1.54) is 18.2 Å². The van der Waals surface area contributed by atoms with Crippen LogP contribution < -0.4 is 14.2 Å². The van der Waals surface area contributed by atoms with Crippen molar-refractivity contribution in [2.75, 3.05) is 13.7 Å². The van der Waals surface area contributed by atoms with Crippen LogP contribution in [0.15, 0.2) is 46.9 Å². The molecule has 9 heteroatoms. The molecule has 0 radical (unpaired) electrons. The summed E-state index contributed by atoms with van der Waals surface area (Å²) in [6.45, 7) is -0.102. The van der Waals surface area contributed by atoms with E-state index >= 15 is 0 Å². The fourth-order valence-corrected chi connectivity index (χ4v) is 4.96. The number of carbonyl (C=O) groups excluding carboxylic acids is 1. The highest BCUT2D eigenvalue weighted by atomic mass is 35.5. The second-order valence-corrected chi connectivity index (χ2v) is 8.95. The highest BCUT2D eigenvalue weighted by Gasteiger charge is 2.71. The minimum atomic E-state index is -0.577. The Bertz CT molecular complexity index is 1160. The lowest BCUT2D eigenvalue weighted by molar-refractivity contribution is -0.168. The number of rotatable bonds is 9. The van der Waals surface area contributed by atoms with Crippen LogP contribution in [0.3, 0.4) is 0 Å². The SMILES string of the molecule is COc1cccc(Oc2nnc(C34CC(CC(=O)COc5ccc(Cl)c(F)c5)(C3)C4)o2)c1. The van der Waals surface area contributed by atoms with Crippen LogP contribution >= 0.6 is 11.6 Å². The normalized spacial score (nSPS) is 23.1. The monoisotopic (exact) mass is 458 g/mol. The summed E-state index contributed by atoms with van der Waals surface area (Å²) in [7, 11) is 1.58. The lowest BCUT2D eigenvalue weighted by atomic mass is 9.34. The number of Topliss-reactive ketones (excluding diaryl/α,β-unsaturated/α-hetero) is 1. The molecule has 0 amide bonds. The molecule has 166 valence electrons. The summed E-state index contributed by atoms with van der Waals surface area (Å²) in [5, 5.41) is 8.17. The van der Waals surface area contributed by atoms with E-state index in [0.717, 1.165) is 19.3 Å². The van der Waals surface area contributed by atoms with Crippen LogP contribution in [0.4, 0.5) is 4.39 Å². The van der Waals surface area contributed by atoms with E-state index in [-0.39, 0.29) is 40.1 Å². The fourth-order valence-electron chi connectivity index (χ4n) is 4.84. The standard InChI is InChI=1S/C23H20ClFN2O5/c1-29-15-3-2-4-17(7-15)31-21-27-26-20(32-21)23-11-22(12-23,13-23)9-14(28)10-30-16-5-6-18(24)19(25)8-16/h2-8H,9-13H2,1H3. The van der Waals surface area contributed by atoms with Crippen LogP contribution in [0.25, 0.3) is 0 Å². The van der Waals surface area contributed by atoms with E-state index in [1.54, 1.807) is 25.3 Å². The first kappa shape index (κ1) is 20.8. The summed E-state index contributed by atoms with van der Waals surface area (Å²) in [5.41, 5.74) is -0.225. The highest BCUT2D eigenvalue weighted by Crippen LogP contribution is 2.74. The van der Waals surface area contributed by atoms with Crippen molar-refractivity contribution in [3.63, 3.8) is 0 Å². The van der Waals surface area contributed by atoms with Crippen molar-refractivity contribution in [3.8, 4) is 23.3 Å². The van der Waals surface area contributed by atoms with Crippen molar-refractivity contribution in [3.05, 3.63) is 59.2 Å². The summed E-state index contributed by atoms with van der Waals surface area (Å²) in [5.74, 6) is 1.42. The van der Waals surface area contributed by atoms with Crippen LogP contribution in [0.5, 0.6) is 23.3 Å². The van der Waals surface area contributed by atoms with Gasteiger partial charge in [-0.1, -0.05) is 22.8 Å². The molecular formula is C23H20ClFN2O5. The largest absolute Gasteiger partial charge is 0.497 e. The predicted octanol–water partition coefficient (Wildman–Crippen LogP) is 5.12. The molecular weight excluding hydrogens is 439 g/mol. The molecule has 0 aliphatic heterocycles. The molecule has 6 rings (SSSR count). The lowest BCUT2D eigenvalue weighted by Gasteiger charge is -2.68. The Morgan fingerprint density at radius 3 is 2.66 bits per heavy atom. The third-order valence-corrected chi connectivity index (χ3v) is 6.42. The molecule has 0 saturated heterocycles. The van der Waals surface area contributed by atoms with Crippen LogP contribution in [0, 0.1) is 11.2 Å². The van der Waals surface area contributed by atoms with Crippen LogP contribution in [-0.4, -0.2) is 29.7 Å². The Labute approximate surface area is 188 Å². The molecule has 3 fully saturated rings. The van der Waals surface area contributed by atoms with Crippen molar-refractivity contribution in [1.29, 1.82) is 0 Å². The van der Waals surface area contributed by atoms with E-state index in [0.29, 0.717) is 23.8 Å². The number of nitrogens with zero attached hydrogens (tertiary/aromatic N) is 2. The van der Waals surface area contributed by atoms with Crippen molar-refractivity contribution in [2.24, 2.45) is 5.41 Å². The molecule has 0 spiro atoms. The molecule has 2 aromatic carbocycles. The molecule has 3 saturated carbocycles. The van der Waals surface area contributed by atoms with Crippen molar-refractivity contribution >= 4 is 17.4 Å². The van der Waals surface area contributed by atoms with Crippen LogP contribution in [0.2, 0.25) is 5.02 Å². The van der Waals surface area contributed by atoms with Crippen LogP contribution in [0.1, 0.15) is 31.6 Å². The van der Waals surface area contributed by atoms with E-state index in [9.17, 15) is 9.18 Å². The Kier molecular flexibility index (Phi) is 5.04. The van der Waals surface area contributed by atoms with Crippen molar-refractivity contribution in [1.82, 2.24) is 10.2 Å². The third-order valence-electron chi connectivity index (χ3n) is 6.11. The van der Waals surface area contributed by atoms with E-state index < -0.39 is 5.82 Å². The summed E-state index contributed by atoms with van der Waals surface area (Å²) >= 11 is 5.65. The summed E-state index contributed by atoms with van der Waals surface area (Å²) in [6.07, 6.45) is 2.91. The number of hydrogen-bond donors (Lipinski definition) is 0. The number of hydrogen-bond acceptors (Lipinski definition) is 7. The molecule has 3 aliphatic rings. The lowest BCUT2D eigenvalue weighted by Crippen LogP contribution is -2.65. The average molecular weight is 459 g/mol. The second-order valence-electron chi connectivity index (χ2n) is 8.54. The number of ether oxygens (including phenoxy) is 3. The molecule has 0 atom stereocenters. The fraction of sp³-hybridized carbons (Fsp3) is 0.348. The number of benzene rings is 2. The van der Waals surface area contributed by atoms with E-state index in [4.69, 9.17) is 30.2 Å². The molecule has 32 heavy (non-hydrogen) atoms. The first-order valence-electron chi connectivity index (χ1n) is 10.1. The molecule has 7 nitrogen and oxygen atoms in total. The first-order chi connectivity index (χ1) is 15.4. The minimum absolute atomic E-state index is 0.0147. The van der Waals surface area contributed by atoms with Gasteiger partial charge < -0.3 is 18.6 Å². The summed E-state index contributed by atoms with van der Waals surface area (Å²) < 4.78 is 35.4. The zero-order chi connectivity index (χ0) is 22.3. The van der Waals surface area contributed by atoms with Crippen LogP contribution in [-0.2, 0) is 10.2 Å². The molecule has 0 unspecified atom stereocenters. The smallest absolute Gasteiger partial charge is 0.420 e. The van der Waals surface area contributed by atoms with Gasteiger partial charge in [0.25, 0.3) is 0 Å². The Morgan fingerprint density at radius 2 is 1.91 bits per heavy atom. The number of carbonyl (C=O) groups is 1. The van der Waals surface area contributed by atoms with Gasteiger partial charge >= 0.3 is 6.08 Å². The summed E-state index contributed by atoms with van der Waals surface area (Å²) in [6, 6.07) is 11.2. The third kappa shape index (κ3) is 3.79.